The van der Waals surface area contributed by atoms with Crippen molar-refractivity contribution < 1.29 is 13.2 Å². The molecule has 0 aliphatic rings. The van der Waals surface area contributed by atoms with Gasteiger partial charge in [-0.25, -0.2) is 4.98 Å². The lowest BCUT2D eigenvalue weighted by molar-refractivity contribution is -0.137. The van der Waals surface area contributed by atoms with E-state index in [0.717, 1.165) is 23.4 Å². The van der Waals surface area contributed by atoms with Gasteiger partial charge in [-0.1, -0.05) is 6.07 Å². The van der Waals surface area contributed by atoms with E-state index in [9.17, 15) is 13.2 Å². The Labute approximate surface area is 148 Å². The van der Waals surface area contributed by atoms with Crippen LogP contribution in [0.2, 0.25) is 0 Å². The maximum atomic E-state index is 12.6. The summed E-state index contributed by atoms with van der Waals surface area (Å²) < 4.78 is 37.9. The van der Waals surface area contributed by atoms with E-state index in [4.69, 9.17) is 0 Å². The molecule has 2 N–H and O–H groups in total. The molecule has 0 amide bonds. The van der Waals surface area contributed by atoms with Crippen molar-refractivity contribution in [3.8, 4) is 0 Å². The molecular weight excluding hydrogens is 343 g/mol. The van der Waals surface area contributed by atoms with Crippen molar-refractivity contribution in [1.82, 2.24) is 15.0 Å². The van der Waals surface area contributed by atoms with Crippen LogP contribution in [0.1, 0.15) is 16.8 Å². The maximum Gasteiger partial charge on any atom is 0.416 e. The van der Waals surface area contributed by atoms with Gasteiger partial charge in [-0.05, 0) is 42.8 Å². The molecule has 0 saturated carbocycles. The summed E-state index contributed by atoms with van der Waals surface area (Å²) in [5.41, 5.74) is 1.50. The van der Waals surface area contributed by atoms with Crippen LogP contribution in [0.3, 0.4) is 0 Å². The Morgan fingerprint density at radius 2 is 1.81 bits per heavy atom. The van der Waals surface area contributed by atoms with Gasteiger partial charge in [0.25, 0.3) is 0 Å². The number of aryl methyl sites for hydroxylation is 1. The number of hydrogen-bond acceptors (Lipinski definition) is 5. The largest absolute Gasteiger partial charge is 0.416 e. The molecule has 2 heterocycles. The lowest BCUT2D eigenvalue weighted by Crippen LogP contribution is -2.06. The monoisotopic (exact) mass is 359 g/mol. The number of aromatic nitrogens is 3. The fraction of sp³-hybridized carbons (Fsp3) is 0.167. The smallest absolute Gasteiger partial charge is 0.366 e. The van der Waals surface area contributed by atoms with Crippen LogP contribution in [0.4, 0.5) is 30.6 Å². The first-order valence-electron chi connectivity index (χ1n) is 7.83. The predicted molar refractivity (Wildman–Crippen MR) is 93.1 cm³/mol. The second-order valence-corrected chi connectivity index (χ2v) is 5.63. The minimum atomic E-state index is -4.36. The molecule has 0 radical (unpaired) electrons. The minimum absolute atomic E-state index is 0.304. The minimum Gasteiger partial charge on any atom is -0.366 e. The van der Waals surface area contributed by atoms with Gasteiger partial charge in [0, 0.05) is 36.4 Å². The highest BCUT2D eigenvalue weighted by Gasteiger charge is 2.29. The summed E-state index contributed by atoms with van der Waals surface area (Å²) in [6.07, 6.45) is -0.908. The van der Waals surface area contributed by atoms with Crippen LogP contribution in [0.25, 0.3) is 0 Å². The molecule has 0 spiro atoms. The average molecular weight is 359 g/mol. The molecule has 3 aromatic rings. The van der Waals surface area contributed by atoms with Crippen LogP contribution in [-0.2, 0) is 12.7 Å². The molecule has 5 nitrogen and oxygen atoms in total. The Balaban J connectivity index is 1.71. The Morgan fingerprint density at radius 3 is 2.46 bits per heavy atom. The molecule has 0 aliphatic carbocycles. The van der Waals surface area contributed by atoms with Crippen molar-refractivity contribution in [3.05, 3.63) is 71.7 Å². The third kappa shape index (κ3) is 4.69. The highest BCUT2D eigenvalue weighted by Crippen LogP contribution is 2.30. The lowest BCUT2D eigenvalue weighted by Gasteiger charge is -2.11. The zero-order chi connectivity index (χ0) is 18.6. The van der Waals surface area contributed by atoms with Crippen molar-refractivity contribution in [2.45, 2.75) is 19.6 Å². The number of hydrogen-bond donors (Lipinski definition) is 2. The number of nitrogens with zero attached hydrogens (tertiary/aromatic N) is 3. The molecule has 26 heavy (non-hydrogen) atoms. The van der Waals surface area contributed by atoms with Crippen molar-refractivity contribution in [3.63, 3.8) is 0 Å². The van der Waals surface area contributed by atoms with Crippen molar-refractivity contribution in [2.75, 3.05) is 10.6 Å². The zero-order valence-electron chi connectivity index (χ0n) is 13.9. The van der Waals surface area contributed by atoms with Gasteiger partial charge in [-0.3, -0.25) is 4.98 Å². The summed E-state index contributed by atoms with van der Waals surface area (Å²) >= 11 is 0. The molecule has 1 aromatic carbocycles. The Bertz CT molecular complexity index is 864. The van der Waals surface area contributed by atoms with Crippen LogP contribution >= 0.6 is 0 Å². The summed E-state index contributed by atoms with van der Waals surface area (Å²) in [6, 6.07) is 10.3. The molecule has 0 fully saturated rings. The average Bonchev–Trinajstić information content (AvgIpc) is 2.60. The highest BCUT2D eigenvalue weighted by molar-refractivity contribution is 5.56. The van der Waals surface area contributed by atoms with Gasteiger partial charge in [0.15, 0.2) is 0 Å². The third-order valence-electron chi connectivity index (χ3n) is 3.52. The fourth-order valence-electron chi connectivity index (χ4n) is 2.28. The molecule has 8 heteroatoms. The SMILES string of the molecule is Cc1cc(NCc2cccnc2)nc(Nc2ccc(C(F)(F)F)cc2)n1. The van der Waals surface area contributed by atoms with E-state index >= 15 is 0 Å². The van der Waals surface area contributed by atoms with E-state index in [1.54, 1.807) is 18.5 Å². The van der Waals surface area contributed by atoms with Crippen LogP contribution in [0.5, 0.6) is 0 Å². The molecule has 0 bridgehead atoms. The number of pyridine rings is 1. The maximum absolute atomic E-state index is 12.6. The first-order valence-corrected chi connectivity index (χ1v) is 7.83. The van der Waals surface area contributed by atoms with Gasteiger partial charge in [0.05, 0.1) is 5.56 Å². The van der Waals surface area contributed by atoms with Crippen LogP contribution in [-0.4, -0.2) is 15.0 Å². The molecule has 0 unspecified atom stereocenters. The molecule has 3 rings (SSSR count). The van der Waals surface area contributed by atoms with Crippen LogP contribution in [0, 0.1) is 6.92 Å². The summed E-state index contributed by atoms with van der Waals surface area (Å²) in [7, 11) is 0. The summed E-state index contributed by atoms with van der Waals surface area (Å²) in [6.45, 7) is 2.36. The van der Waals surface area contributed by atoms with E-state index in [2.05, 4.69) is 25.6 Å². The molecule has 0 atom stereocenters. The standard InChI is InChI=1S/C18H16F3N5/c1-12-9-16(23-11-13-3-2-8-22-10-13)26-17(24-12)25-15-6-4-14(5-7-15)18(19,20)21/h2-10H,11H2,1H3,(H2,23,24,25,26). The second kappa shape index (κ2) is 7.38. The van der Waals surface area contributed by atoms with Crippen LogP contribution < -0.4 is 10.6 Å². The van der Waals surface area contributed by atoms with Gasteiger partial charge in [0.2, 0.25) is 5.95 Å². The quantitative estimate of drug-likeness (QED) is 0.699. The van der Waals surface area contributed by atoms with E-state index in [0.29, 0.717) is 24.0 Å². The molecular formula is C18H16F3N5. The Kier molecular flexibility index (Phi) is 5.01. The van der Waals surface area contributed by atoms with Crippen LogP contribution in [0.15, 0.2) is 54.9 Å². The summed E-state index contributed by atoms with van der Waals surface area (Å²) in [5, 5.41) is 6.10. The molecule has 2 aromatic heterocycles. The topological polar surface area (TPSA) is 62.7 Å². The fourth-order valence-corrected chi connectivity index (χ4v) is 2.28. The number of benzene rings is 1. The molecule has 0 saturated heterocycles. The third-order valence-corrected chi connectivity index (χ3v) is 3.52. The molecule has 134 valence electrons. The van der Waals surface area contributed by atoms with Gasteiger partial charge < -0.3 is 10.6 Å². The normalized spacial score (nSPS) is 11.2. The number of halogens is 3. The van der Waals surface area contributed by atoms with E-state index in [-0.39, 0.29) is 0 Å². The summed E-state index contributed by atoms with van der Waals surface area (Å²) in [4.78, 5) is 12.6. The van der Waals surface area contributed by atoms with Crippen molar-refractivity contribution in [1.29, 1.82) is 0 Å². The lowest BCUT2D eigenvalue weighted by atomic mass is 10.2. The summed E-state index contributed by atoms with van der Waals surface area (Å²) in [5.74, 6) is 0.911. The van der Waals surface area contributed by atoms with Gasteiger partial charge in [-0.15, -0.1) is 0 Å². The number of rotatable bonds is 5. The second-order valence-electron chi connectivity index (χ2n) is 5.63. The van der Waals surface area contributed by atoms with Crippen molar-refractivity contribution >= 4 is 17.5 Å². The highest BCUT2D eigenvalue weighted by atomic mass is 19.4. The number of anilines is 3. The zero-order valence-corrected chi connectivity index (χ0v) is 13.9. The van der Waals surface area contributed by atoms with Gasteiger partial charge in [0.1, 0.15) is 5.82 Å². The number of alkyl halides is 3. The Hall–Kier alpha value is -3.16. The predicted octanol–water partition coefficient (Wildman–Crippen LogP) is 4.55. The van der Waals surface area contributed by atoms with E-state index < -0.39 is 11.7 Å². The number of nitrogens with one attached hydrogen (secondary N) is 2. The first kappa shape index (κ1) is 17.7. The Morgan fingerprint density at radius 1 is 1.04 bits per heavy atom. The first-order chi connectivity index (χ1) is 12.4. The van der Waals surface area contributed by atoms with E-state index in [1.165, 1.54) is 12.1 Å². The van der Waals surface area contributed by atoms with Gasteiger partial charge in [-0.2, -0.15) is 18.2 Å². The van der Waals surface area contributed by atoms with Gasteiger partial charge >= 0.3 is 6.18 Å². The van der Waals surface area contributed by atoms with E-state index in [1.807, 2.05) is 19.1 Å². The van der Waals surface area contributed by atoms with Crippen molar-refractivity contribution in [2.24, 2.45) is 0 Å². The molecule has 0 aliphatic heterocycles.